The molecule has 8 aliphatic heterocycles. The zero-order chi connectivity index (χ0) is 99.0. The Balaban J connectivity index is 0.457. The van der Waals surface area contributed by atoms with E-state index in [9.17, 15) is 97.5 Å². The van der Waals surface area contributed by atoms with Gasteiger partial charge in [-0.2, -0.15) is 13.2 Å². The van der Waals surface area contributed by atoms with E-state index in [-0.39, 0.29) is 60.2 Å². The first-order valence-corrected chi connectivity index (χ1v) is 52.7. The van der Waals surface area contributed by atoms with Gasteiger partial charge in [0.2, 0.25) is 88.6 Å². The van der Waals surface area contributed by atoms with Crippen LogP contribution >= 0.6 is 0 Å². The lowest BCUT2D eigenvalue weighted by atomic mass is 9.54. The number of benzene rings is 3. The Bertz CT molecular complexity index is 6210. The van der Waals surface area contributed by atoms with Crippen molar-refractivity contribution in [3.05, 3.63) is 205 Å². The predicted octanol–water partition coefficient (Wildman–Crippen LogP) is 9.50. The molecule has 6 bridgehead atoms. The number of phenols is 3. The number of aliphatic hydroxyl groups is 1. The Hall–Kier alpha value is -13.3. The summed E-state index contributed by atoms with van der Waals surface area (Å²) in [4.78, 5) is 251. The number of alkyl halides is 3. The van der Waals surface area contributed by atoms with Crippen LogP contribution in [0.1, 0.15) is 64.5 Å². The van der Waals surface area contributed by atoms with Crippen molar-refractivity contribution >= 4 is 135 Å². The van der Waals surface area contributed by atoms with E-state index < -0.39 is 316 Å². The van der Waals surface area contributed by atoms with Crippen LogP contribution in [0.25, 0.3) is 0 Å². The van der Waals surface area contributed by atoms with Gasteiger partial charge in [-0.15, -0.1) is 0 Å². The van der Waals surface area contributed by atoms with Crippen LogP contribution in [0.2, 0.25) is 38.3 Å². The number of nitrogens with zero attached hydrogens (tertiary/aromatic N) is 8. The number of hydrogen-bond acceptors (Lipinski definition) is 23. The van der Waals surface area contributed by atoms with Crippen LogP contribution in [-0.2, 0) is 95.8 Å². The number of carbonyl (C=O) groups excluding carboxylic acids is 16. The molecule has 8 saturated heterocycles. The van der Waals surface area contributed by atoms with Crippen molar-refractivity contribution in [1.29, 1.82) is 0 Å². The van der Waals surface area contributed by atoms with Crippen molar-refractivity contribution in [2.24, 2.45) is 148 Å². The standard InChI is InChI=1S/C101H101F3N8O24Si2/c1-44-16-12-17-52(37-44)108-89(123)73-58-26-27-59(74(73)90(108)124)78-77(58)93(127)110(94(78)128)54(42-135-43-113)23-20-45(2)36-46(3)38-62(99(133)134)49(6)107-87(121)69-47(4)67-68(48(5)70(69)88(107)122)84(118)105(83(67)117)32-14-34-137(8,9)136-138(10,11)35-15-33-106-85(119)71-56-24-25-57(72(71)86(106)120)80-79(56)95(129)111(96(80)130)63-39-50(21-30-65(63)115)100(7,101(102,103)104)51-22-31-66(116)64(40-51)112-97(131)81-60-28-29-61(82(81)98(112)132)76-75(60)91(125)109(92(76)126)53-18-13-19-55(114)41-53/h12-13,16-31,38-44,47-48,56-61,67-82,97,114-116,131H,2-3,6,14-15,32-37H2,1,4-5,7-11H3,(H,133,134)/b23-20-,54-42-,62-38+. The number of halogens is 3. The van der Waals surface area contributed by atoms with Gasteiger partial charge in [0, 0.05) is 60.4 Å². The number of carbonyl (C=O) groups is 17. The van der Waals surface area contributed by atoms with E-state index in [1.54, 1.807) is 62.5 Å². The van der Waals surface area contributed by atoms with E-state index in [2.05, 4.69) is 19.7 Å². The van der Waals surface area contributed by atoms with E-state index in [4.69, 9.17) is 8.85 Å². The number of carboxylic acids is 1. The maximum Gasteiger partial charge on any atom is 0.402 e. The van der Waals surface area contributed by atoms with Crippen LogP contribution in [-0.4, -0.2) is 193 Å². The minimum absolute atomic E-state index is 0.0120. The average molecular weight is 1920 g/mol. The fourth-order valence-electron chi connectivity index (χ4n) is 26.9. The summed E-state index contributed by atoms with van der Waals surface area (Å²) in [5, 5.41) is 56.1. The molecule has 15 amide bonds. The summed E-state index contributed by atoms with van der Waals surface area (Å²) in [5.74, 6) is -38.0. The first-order chi connectivity index (χ1) is 65.2. The molecule has 5 N–H and O–H groups in total. The van der Waals surface area contributed by atoms with Gasteiger partial charge in [0.15, 0.2) is 16.6 Å². The average Bonchev–Trinajstić information content (AvgIpc) is 1.55. The number of allylic oxidation sites excluding steroid dienone is 15. The van der Waals surface area contributed by atoms with Crippen molar-refractivity contribution in [3.8, 4) is 17.2 Å². The second kappa shape index (κ2) is 33.3. The van der Waals surface area contributed by atoms with Crippen molar-refractivity contribution in [3.63, 3.8) is 0 Å². The quantitative estimate of drug-likeness (QED) is 0.00901. The van der Waals surface area contributed by atoms with Gasteiger partial charge in [-0.25, -0.2) is 24.4 Å². The number of aromatic hydroxyl groups is 3. The predicted molar refractivity (Wildman–Crippen MR) is 485 cm³/mol. The van der Waals surface area contributed by atoms with E-state index in [0.717, 1.165) is 75.3 Å². The molecule has 37 heteroatoms. The van der Waals surface area contributed by atoms with Gasteiger partial charge in [0.05, 0.1) is 123 Å². The zero-order valence-corrected chi connectivity index (χ0v) is 78.4. The number of fused-ring (bicyclic) bond motifs is 2. The van der Waals surface area contributed by atoms with E-state index in [1.807, 2.05) is 39.2 Å². The molecule has 11 aliphatic carbocycles. The number of imide groups is 7. The lowest BCUT2D eigenvalue weighted by Gasteiger charge is -2.46. The maximum absolute atomic E-state index is 16.3. The van der Waals surface area contributed by atoms with Crippen LogP contribution in [0, 0.1) is 148 Å². The molecule has 27 unspecified atom stereocenters. The van der Waals surface area contributed by atoms with Crippen LogP contribution in [0.4, 0.5) is 30.2 Å². The minimum Gasteiger partial charge on any atom is -0.508 e. The number of amides is 15. The summed E-state index contributed by atoms with van der Waals surface area (Å²) in [6, 6.07) is 11.8. The van der Waals surface area contributed by atoms with Gasteiger partial charge in [-0.1, -0.05) is 119 Å². The molecule has 12 fully saturated rings. The molecule has 3 aromatic carbocycles. The summed E-state index contributed by atoms with van der Waals surface area (Å²) < 4.78 is 60.8. The Kier molecular flexibility index (Phi) is 22.6. The SMILES string of the molecule is C=C(/C=C\C(=C\OC=O)N1C(=O)C2C3C=CC(C4C(=O)N(C5=CC=CC(C)C5)C(=O)C34)C2C1=O)CC(=C)/C=C(\C(=C)N1C(=O)C2C(C)C3C(=O)N(CCC[Si](C)(C)O[Si](C)(C)CCCN4C(=O)C5C6C=CC(C5C4=O)C4C(=O)N(c5cc(C(C)(c7ccc(O)c(N8C(=O)C9C%10C=CC(C%11C(=O)N(c%12cccc(O)c%12)C(=O)C%10%11)C9C8O)c7)C(F)(F)F)ccc5O)C(=O)C64)C(=O)C3C(C)C2C1=O)C(=O)O. The fraction of sp³-hybridized carbons (Fsp3) is 0.436. The molecular formula is C101H101F3N8O24Si2. The van der Waals surface area contributed by atoms with Crippen LogP contribution in [0.5, 0.6) is 17.2 Å². The molecule has 138 heavy (non-hydrogen) atoms. The maximum atomic E-state index is 16.3. The smallest absolute Gasteiger partial charge is 0.402 e. The Morgan fingerprint density at radius 3 is 1.41 bits per heavy atom. The van der Waals surface area contributed by atoms with E-state index >= 15 is 22.8 Å². The number of likely N-dealkylation sites (tertiary alicyclic amines) is 5. The number of ether oxygens (including phenoxy) is 1. The Morgan fingerprint density at radius 1 is 0.500 bits per heavy atom. The molecule has 27 atom stereocenters. The number of phenolic OH excluding ortho intramolecular Hbond substituents is 3. The van der Waals surface area contributed by atoms with E-state index in [0.29, 0.717) is 46.8 Å². The second-order valence-electron chi connectivity index (χ2n) is 41.2. The molecular weight excluding hydrogens is 1820 g/mol. The van der Waals surface area contributed by atoms with Gasteiger partial charge < -0.3 is 34.4 Å². The molecule has 0 aromatic heterocycles. The lowest BCUT2D eigenvalue weighted by Crippen LogP contribution is -2.51. The number of carboxylic acid groups (broad SMARTS) is 1. The summed E-state index contributed by atoms with van der Waals surface area (Å²) in [6.45, 7) is 25.8. The number of hydrogen-bond donors (Lipinski definition) is 5. The molecule has 32 nitrogen and oxygen atoms in total. The van der Waals surface area contributed by atoms with E-state index in [1.165, 1.54) is 46.2 Å². The normalized spacial score (nSPS) is 34.1. The van der Waals surface area contributed by atoms with Crippen molar-refractivity contribution in [2.45, 2.75) is 109 Å². The summed E-state index contributed by atoms with van der Waals surface area (Å²) in [7, 11) is -5.36. The highest BCUT2D eigenvalue weighted by atomic mass is 28.4. The monoisotopic (exact) mass is 1920 g/mol. The Morgan fingerprint density at radius 2 is 0.928 bits per heavy atom. The third kappa shape index (κ3) is 13.9. The topological polar surface area (TPSA) is 436 Å². The molecule has 4 saturated carbocycles. The lowest BCUT2D eigenvalue weighted by molar-refractivity contribution is -0.173. The van der Waals surface area contributed by atoms with Gasteiger partial charge in [0.25, 0.3) is 6.47 Å². The van der Waals surface area contributed by atoms with Gasteiger partial charge >= 0.3 is 12.1 Å². The molecule has 0 radical (unpaired) electrons. The molecule has 718 valence electrons. The van der Waals surface area contributed by atoms with Crippen LogP contribution < -0.4 is 14.7 Å². The van der Waals surface area contributed by atoms with Gasteiger partial charge in [-0.05, 0) is 166 Å². The number of aliphatic hydroxyl groups excluding tert-OH is 1. The minimum atomic E-state index is -5.27. The third-order valence-electron chi connectivity index (χ3n) is 32.7. The third-order valence-corrected chi connectivity index (χ3v) is 40.3. The number of aliphatic carboxylic acids is 1. The summed E-state index contributed by atoms with van der Waals surface area (Å²) in [5.41, 5.74) is -5.93. The highest BCUT2D eigenvalue weighted by molar-refractivity contribution is 6.84. The fourth-order valence-corrected chi connectivity index (χ4v) is 35.7. The van der Waals surface area contributed by atoms with Gasteiger partial charge in [-0.3, -0.25) is 96.3 Å². The van der Waals surface area contributed by atoms with Crippen molar-refractivity contribution in [2.75, 3.05) is 27.8 Å². The molecule has 19 aliphatic rings. The van der Waals surface area contributed by atoms with Gasteiger partial charge in [0.1, 0.15) is 35.2 Å². The summed E-state index contributed by atoms with van der Waals surface area (Å²) in [6.07, 6.45) is 13.7. The first-order valence-electron chi connectivity index (χ1n) is 46.4. The highest BCUT2D eigenvalue weighted by Gasteiger charge is 2.74. The Labute approximate surface area is 791 Å². The first kappa shape index (κ1) is 93.7. The molecule has 22 rings (SSSR count). The largest absolute Gasteiger partial charge is 0.508 e. The summed E-state index contributed by atoms with van der Waals surface area (Å²) >= 11 is 0. The van der Waals surface area contributed by atoms with Crippen molar-refractivity contribution in [1.82, 2.24) is 24.5 Å². The molecule has 0 spiro atoms. The zero-order valence-electron chi connectivity index (χ0n) is 76.4. The number of rotatable bonds is 27. The number of anilines is 3. The second-order valence-corrected chi connectivity index (χ2v) is 50.0. The van der Waals surface area contributed by atoms with Crippen LogP contribution in [0.15, 0.2) is 193 Å². The molecule has 3 aromatic rings. The molecule has 8 heterocycles. The highest BCUT2D eigenvalue weighted by Crippen LogP contribution is 2.65. The van der Waals surface area contributed by atoms with Crippen LogP contribution in [0.3, 0.4) is 0 Å². The van der Waals surface area contributed by atoms with Crippen molar-refractivity contribution < 1.29 is 129 Å².